The predicted octanol–water partition coefficient (Wildman–Crippen LogP) is 5.15. The van der Waals surface area contributed by atoms with Gasteiger partial charge < -0.3 is 9.64 Å². The summed E-state index contributed by atoms with van der Waals surface area (Å²) in [5.41, 5.74) is 0.172. The van der Waals surface area contributed by atoms with Crippen molar-refractivity contribution < 1.29 is 18.3 Å². The molecule has 1 aliphatic heterocycles. The third-order valence-electron chi connectivity index (χ3n) is 4.21. The lowest BCUT2D eigenvalue weighted by molar-refractivity contribution is 0.0998. The van der Waals surface area contributed by atoms with E-state index in [1.807, 2.05) is 13.8 Å². The predicted molar refractivity (Wildman–Crippen MR) is 108 cm³/mol. The van der Waals surface area contributed by atoms with Crippen LogP contribution < -0.4 is 4.74 Å². The number of amides is 1. The van der Waals surface area contributed by atoms with Gasteiger partial charge in [0.05, 0.1) is 19.2 Å². The number of aliphatic imine (C=N–C) groups is 1. The molecule has 0 N–H and O–H groups in total. The van der Waals surface area contributed by atoms with Crippen molar-refractivity contribution in [2.24, 2.45) is 4.99 Å². The molecule has 0 radical (unpaired) electrons. The standard InChI is InChI=1S/C20H19ClF2N2O2S/c1-20(2)11-25(10-14-15(22)5-4-6-16(14)23)19(28-20)24-18(26)13-9-12(21)7-8-17(13)27-3/h4-9H,10-11H2,1-3H3/b24-19-. The lowest BCUT2D eigenvalue weighted by atomic mass is 10.1. The van der Waals surface area contributed by atoms with Crippen molar-refractivity contribution in [2.45, 2.75) is 25.1 Å². The maximum absolute atomic E-state index is 14.1. The highest BCUT2D eigenvalue weighted by Crippen LogP contribution is 2.37. The fourth-order valence-electron chi connectivity index (χ4n) is 2.96. The highest BCUT2D eigenvalue weighted by atomic mass is 35.5. The summed E-state index contributed by atoms with van der Waals surface area (Å²) in [6.45, 7) is 4.43. The third-order valence-corrected chi connectivity index (χ3v) is 5.66. The second kappa shape index (κ2) is 8.09. The van der Waals surface area contributed by atoms with E-state index >= 15 is 0 Å². The van der Waals surface area contributed by atoms with Crippen molar-refractivity contribution in [3.05, 3.63) is 64.2 Å². The summed E-state index contributed by atoms with van der Waals surface area (Å²) in [6.07, 6.45) is 0. The fourth-order valence-corrected chi connectivity index (χ4v) is 4.23. The Labute approximate surface area is 171 Å². The van der Waals surface area contributed by atoms with Crippen molar-refractivity contribution in [1.82, 2.24) is 4.90 Å². The first-order valence-corrected chi connectivity index (χ1v) is 9.73. The average Bonchev–Trinajstić information content (AvgIpc) is 2.91. The van der Waals surface area contributed by atoms with Gasteiger partial charge in [-0.15, -0.1) is 0 Å². The number of rotatable bonds is 4. The largest absolute Gasteiger partial charge is 0.496 e. The third kappa shape index (κ3) is 4.47. The molecule has 2 aromatic rings. The molecule has 3 rings (SSSR count). The van der Waals surface area contributed by atoms with Gasteiger partial charge in [0.25, 0.3) is 5.91 Å². The van der Waals surface area contributed by atoms with E-state index in [9.17, 15) is 13.6 Å². The minimum atomic E-state index is -0.628. The van der Waals surface area contributed by atoms with E-state index < -0.39 is 17.5 Å². The van der Waals surface area contributed by atoms with Gasteiger partial charge in [-0.3, -0.25) is 4.79 Å². The van der Waals surface area contributed by atoms with Crippen molar-refractivity contribution in [2.75, 3.05) is 13.7 Å². The Hall–Kier alpha value is -2.12. The minimum absolute atomic E-state index is 0.0201. The summed E-state index contributed by atoms with van der Waals surface area (Å²) in [5.74, 6) is -1.43. The van der Waals surface area contributed by atoms with Crippen LogP contribution in [0.1, 0.15) is 29.8 Å². The van der Waals surface area contributed by atoms with Crippen LogP contribution in [0.5, 0.6) is 5.75 Å². The molecule has 0 bridgehead atoms. The SMILES string of the molecule is COc1ccc(Cl)cc1C(=O)/N=C1\SC(C)(C)CN1Cc1c(F)cccc1F. The van der Waals surface area contributed by atoms with Gasteiger partial charge in [-0.05, 0) is 44.2 Å². The summed E-state index contributed by atoms with van der Waals surface area (Å²) in [5, 5.41) is 0.786. The monoisotopic (exact) mass is 424 g/mol. The molecule has 0 saturated carbocycles. The highest BCUT2D eigenvalue weighted by molar-refractivity contribution is 8.15. The zero-order valence-corrected chi connectivity index (χ0v) is 17.2. The number of carbonyl (C=O) groups excluding carboxylic acids is 1. The van der Waals surface area contributed by atoms with Gasteiger partial charge >= 0.3 is 0 Å². The summed E-state index contributed by atoms with van der Waals surface area (Å²) in [4.78, 5) is 18.7. The van der Waals surface area contributed by atoms with E-state index in [2.05, 4.69) is 4.99 Å². The summed E-state index contributed by atoms with van der Waals surface area (Å²) < 4.78 is 33.1. The number of hydrogen-bond donors (Lipinski definition) is 0. The molecule has 28 heavy (non-hydrogen) atoms. The lowest BCUT2D eigenvalue weighted by Gasteiger charge is -2.20. The summed E-state index contributed by atoms with van der Waals surface area (Å²) in [6, 6.07) is 8.44. The Balaban J connectivity index is 1.94. The first-order chi connectivity index (χ1) is 13.2. The van der Waals surface area contributed by atoms with Gasteiger partial charge in [0.15, 0.2) is 5.17 Å². The van der Waals surface area contributed by atoms with Crippen LogP contribution in [0, 0.1) is 11.6 Å². The van der Waals surface area contributed by atoms with E-state index in [0.29, 0.717) is 22.5 Å². The van der Waals surface area contributed by atoms with E-state index in [1.165, 1.54) is 43.1 Å². The number of thioether (sulfide) groups is 1. The quantitative estimate of drug-likeness (QED) is 0.680. The Morgan fingerprint density at radius 1 is 1.29 bits per heavy atom. The van der Waals surface area contributed by atoms with Crippen LogP contribution in [0.4, 0.5) is 8.78 Å². The zero-order chi connectivity index (χ0) is 20.5. The topological polar surface area (TPSA) is 41.9 Å². The molecule has 8 heteroatoms. The zero-order valence-electron chi connectivity index (χ0n) is 15.6. The number of hydrogen-bond acceptors (Lipinski definition) is 3. The molecule has 0 spiro atoms. The lowest BCUT2D eigenvalue weighted by Crippen LogP contribution is -2.29. The molecule has 2 aromatic carbocycles. The molecule has 1 saturated heterocycles. The Kier molecular flexibility index (Phi) is 5.95. The van der Waals surface area contributed by atoms with Crippen LogP contribution in [-0.2, 0) is 6.54 Å². The molecule has 1 fully saturated rings. The van der Waals surface area contributed by atoms with Crippen molar-refractivity contribution >= 4 is 34.4 Å². The summed E-state index contributed by atoms with van der Waals surface area (Å²) >= 11 is 7.38. The Morgan fingerprint density at radius 2 is 1.96 bits per heavy atom. The van der Waals surface area contributed by atoms with Crippen LogP contribution >= 0.6 is 23.4 Å². The van der Waals surface area contributed by atoms with E-state index in [4.69, 9.17) is 16.3 Å². The number of ether oxygens (including phenoxy) is 1. The number of methoxy groups -OCH3 is 1. The molecule has 0 atom stereocenters. The van der Waals surface area contributed by atoms with E-state index in [1.54, 1.807) is 17.0 Å². The van der Waals surface area contributed by atoms with Crippen molar-refractivity contribution in [3.8, 4) is 5.75 Å². The number of benzene rings is 2. The smallest absolute Gasteiger partial charge is 0.283 e. The second-order valence-electron chi connectivity index (χ2n) is 6.96. The molecular weight excluding hydrogens is 406 g/mol. The minimum Gasteiger partial charge on any atom is -0.496 e. The van der Waals surface area contributed by atoms with Gasteiger partial charge in [0.2, 0.25) is 0 Å². The molecule has 1 heterocycles. The van der Waals surface area contributed by atoms with Gasteiger partial charge in [-0.25, -0.2) is 8.78 Å². The van der Waals surface area contributed by atoms with E-state index in [-0.39, 0.29) is 22.4 Å². The Morgan fingerprint density at radius 3 is 2.61 bits per heavy atom. The van der Waals surface area contributed by atoms with Gasteiger partial charge in [0.1, 0.15) is 17.4 Å². The van der Waals surface area contributed by atoms with Crippen LogP contribution in [0.25, 0.3) is 0 Å². The van der Waals surface area contributed by atoms with Crippen molar-refractivity contribution in [1.29, 1.82) is 0 Å². The fraction of sp³-hybridized carbons (Fsp3) is 0.300. The molecule has 0 unspecified atom stereocenters. The number of amidine groups is 1. The first kappa shape index (κ1) is 20.6. The van der Waals surface area contributed by atoms with Crippen LogP contribution in [0.2, 0.25) is 5.02 Å². The maximum Gasteiger partial charge on any atom is 0.283 e. The van der Waals surface area contributed by atoms with Crippen LogP contribution in [0.15, 0.2) is 41.4 Å². The molecule has 4 nitrogen and oxygen atoms in total. The van der Waals surface area contributed by atoms with Crippen LogP contribution in [0.3, 0.4) is 0 Å². The molecule has 1 amide bonds. The molecule has 148 valence electrons. The van der Waals surface area contributed by atoms with E-state index in [0.717, 1.165) is 0 Å². The second-order valence-corrected chi connectivity index (χ2v) is 9.07. The molecule has 0 aliphatic carbocycles. The van der Waals surface area contributed by atoms with Gasteiger partial charge in [-0.1, -0.05) is 29.4 Å². The van der Waals surface area contributed by atoms with Gasteiger partial charge in [-0.2, -0.15) is 4.99 Å². The maximum atomic E-state index is 14.1. The first-order valence-electron chi connectivity index (χ1n) is 8.53. The van der Waals surface area contributed by atoms with Gasteiger partial charge in [0, 0.05) is 21.9 Å². The molecular formula is C20H19ClF2N2O2S. The van der Waals surface area contributed by atoms with Crippen LogP contribution in [-0.4, -0.2) is 34.4 Å². The molecule has 0 aromatic heterocycles. The normalized spacial score (nSPS) is 17.2. The average molecular weight is 425 g/mol. The molecule has 1 aliphatic rings. The summed E-state index contributed by atoms with van der Waals surface area (Å²) in [7, 11) is 1.45. The highest BCUT2D eigenvalue weighted by Gasteiger charge is 2.36. The number of carbonyl (C=O) groups is 1. The van der Waals surface area contributed by atoms with Crippen molar-refractivity contribution in [3.63, 3.8) is 0 Å². The Bertz CT molecular complexity index is 930. The number of nitrogens with zero attached hydrogens (tertiary/aromatic N) is 2. The number of halogens is 3.